The van der Waals surface area contributed by atoms with Crippen molar-refractivity contribution in [2.24, 2.45) is 0 Å². The number of carbonyl (C=O) groups is 1. The smallest absolute Gasteiger partial charge is 0.335 e. The number of benzene rings is 1. The summed E-state index contributed by atoms with van der Waals surface area (Å²) in [6.07, 6.45) is 4.98. The Balaban J connectivity index is 1.08. The number of aryl methyl sites for hydroxylation is 1. The highest BCUT2D eigenvalue weighted by molar-refractivity contribution is 5.94. The molecule has 13 heteroatoms. The average Bonchev–Trinajstić information content (AvgIpc) is 3.28. The maximum Gasteiger partial charge on any atom is 0.335 e. The van der Waals surface area contributed by atoms with Crippen LogP contribution in [0.15, 0.2) is 36.7 Å². The first-order chi connectivity index (χ1) is 20.3. The third-order valence-electron chi connectivity index (χ3n) is 7.53. The number of likely N-dealkylation sites (tertiary alicyclic amines) is 1. The van der Waals surface area contributed by atoms with Gasteiger partial charge in [0.05, 0.1) is 42.0 Å². The number of rotatable bonds is 10. The summed E-state index contributed by atoms with van der Waals surface area (Å²) in [4.78, 5) is 31.0. The van der Waals surface area contributed by atoms with Gasteiger partial charge >= 0.3 is 5.97 Å². The van der Waals surface area contributed by atoms with Gasteiger partial charge in [0.25, 0.3) is 5.88 Å². The van der Waals surface area contributed by atoms with E-state index in [1.54, 1.807) is 24.4 Å². The molecule has 0 spiro atoms. The Labute approximate surface area is 240 Å². The number of ether oxygens (including phenoxy) is 3. The van der Waals surface area contributed by atoms with Crippen LogP contribution < -0.4 is 9.47 Å². The van der Waals surface area contributed by atoms with Crippen molar-refractivity contribution < 1.29 is 32.9 Å². The molecule has 1 atom stereocenters. The Kier molecular flexibility index (Phi) is 7.94. The second kappa shape index (κ2) is 11.9. The van der Waals surface area contributed by atoms with Gasteiger partial charge in [-0.25, -0.2) is 28.5 Å². The zero-order valence-corrected chi connectivity index (χ0v) is 23.0. The van der Waals surface area contributed by atoms with E-state index in [-0.39, 0.29) is 36.1 Å². The van der Waals surface area contributed by atoms with Crippen molar-refractivity contribution in [3.63, 3.8) is 0 Å². The first-order valence-corrected chi connectivity index (χ1v) is 13.8. The van der Waals surface area contributed by atoms with Crippen molar-refractivity contribution >= 4 is 17.0 Å². The molecule has 220 valence electrons. The topological polar surface area (TPSA) is 125 Å². The maximum absolute atomic E-state index is 13.8. The molecule has 0 saturated carbocycles. The molecule has 2 aliphatic heterocycles. The Morgan fingerprint density at radius 1 is 1.14 bits per heavy atom. The molecule has 5 heterocycles. The zero-order chi connectivity index (χ0) is 29.2. The molecule has 1 N–H and O–H groups in total. The first-order valence-electron chi connectivity index (χ1n) is 13.8. The lowest BCUT2D eigenvalue weighted by molar-refractivity contribution is -0.0592. The SMILES string of the molecule is Cc1cc(C(=O)O)cc2c1nc(CN1CCC(Oc3ccnc(COc4ncc(F)cc4F)n3)CC1)n2C[C@@H]1CCO1. The monoisotopic (exact) mass is 580 g/mol. The van der Waals surface area contributed by atoms with Crippen molar-refractivity contribution in [2.45, 2.75) is 58.1 Å². The third kappa shape index (κ3) is 6.16. The summed E-state index contributed by atoms with van der Waals surface area (Å²) in [6.45, 7) is 5.31. The minimum absolute atomic E-state index is 0.0521. The van der Waals surface area contributed by atoms with E-state index >= 15 is 0 Å². The molecule has 42 heavy (non-hydrogen) atoms. The van der Waals surface area contributed by atoms with Crippen molar-refractivity contribution in [1.29, 1.82) is 0 Å². The fourth-order valence-corrected chi connectivity index (χ4v) is 5.23. The quantitative estimate of drug-likeness (QED) is 0.295. The molecular formula is C29H30F2N6O5. The Hall–Kier alpha value is -4.23. The number of fused-ring (bicyclic) bond motifs is 1. The normalized spacial score (nSPS) is 17.7. The van der Waals surface area contributed by atoms with Crippen LogP contribution in [0.4, 0.5) is 8.78 Å². The van der Waals surface area contributed by atoms with E-state index in [2.05, 4.69) is 24.4 Å². The second-order valence-corrected chi connectivity index (χ2v) is 10.5. The van der Waals surface area contributed by atoms with Gasteiger partial charge in [0.15, 0.2) is 11.6 Å². The molecule has 2 aliphatic rings. The largest absolute Gasteiger partial charge is 0.478 e. The lowest BCUT2D eigenvalue weighted by Crippen LogP contribution is -2.39. The van der Waals surface area contributed by atoms with Gasteiger partial charge in [0, 0.05) is 38.0 Å². The van der Waals surface area contributed by atoms with Gasteiger partial charge in [-0.1, -0.05) is 0 Å². The average molecular weight is 581 g/mol. The van der Waals surface area contributed by atoms with E-state index < -0.39 is 17.6 Å². The van der Waals surface area contributed by atoms with Crippen LogP contribution in [0.25, 0.3) is 11.0 Å². The highest BCUT2D eigenvalue weighted by Crippen LogP contribution is 2.27. The van der Waals surface area contributed by atoms with Crippen LogP contribution in [0, 0.1) is 18.6 Å². The number of pyridine rings is 1. The summed E-state index contributed by atoms with van der Waals surface area (Å²) < 4.78 is 46.1. The number of aromatic nitrogens is 5. The molecule has 2 fully saturated rings. The Bertz CT molecular complexity index is 1600. The van der Waals surface area contributed by atoms with Gasteiger partial charge in [0.2, 0.25) is 5.88 Å². The minimum atomic E-state index is -0.960. The molecule has 2 saturated heterocycles. The predicted molar refractivity (Wildman–Crippen MR) is 145 cm³/mol. The third-order valence-corrected chi connectivity index (χ3v) is 7.53. The number of aromatic carboxylic acids is 1. The number of hydrogen-bond donors (Lipinski definition) is 1. The highest BCUT2D eigenvalue weighted by Gasteiger charge is 2.26. The van der Waals surface area contributed by atoms with Gasteiger partial charge < -0.3 is 23.9 Å². The number of imidazole rings is 1. The molecule has 1 aromatic carbocycles. The summed E-state index contributed by atoms with van der Waals surface area (Å²) in [5.74, 6) is -1.42. The number of hydrogen-bond acceptors (Lipinski definition) is 9. The minimum Gasteiger partial charge on any atom is -0.478 e. The molecule has 11 nitrogen and oxygen atoms in total. The van der Waals surface area contributed by atoms with Crippen molar-refractivity contribution in [1.82, 2.24) is 29.4 Å². The summed E-state index contributed by atoms with van der Waals surface area (Å²) in [5.41, 5.74) is 2.71. The fraction of sp³-hybridized carbons (Fsp3) is 0.414. The molecule has 0 unspecified atom stereocenters. The summed E-state index contributed by atoms with van der Waals surface area (Å²) >= 11 is 0. The Morgan fingerprint density at radius 3 is 2.67 bits per heavy atom. The first kappa shape index (κ1) is 27.9. The molecule has 0 radical (unpaired) electrons. The zero-order valence-electron chi connectivity index (χ0n) is 23.0. The number of carboxylic acids is 1. The maximum atomic E-state index is 13.8. The number of piperidine rings is 1. The van der Waals surface area contributed by atoms with E-state index in [1.165, 1.54) is 0 Å². The van der Waals surface area contributed by atoms with Gasteiger partial charge in [-0.15, -0.1) is 0 Å². The summed E-state index contributed by atoms with van der Waals surface area (Å²) in [7, 11) is 0. The van der Waals surface area contributed by atoms with Crippen LogP contribution in [0.2, 0.25) is 0 Å². The van der Waals surface area contributed by atoms with Gasteiger partial charge in [0.1, 0.15) is 24.4 Å². The van der Waals surface area contributed by atoms with Crippen LogP contribution in [-0.2, 0) is 24.4 Å². The molecular weight excluding hydrogens is 550 g/mol. The van der Waals surface area contributed by atoms with Gasteiger partial charge in [-0.05, 0) is 43.9 Å². The summed E-state index contributed by atoms with van der Waals surface area (Å²) in [5, 5.41) is 9.59. The molecule has 0 aliphatic carbocycles. The van der Waals surface area contributed by atoms with E-state index in [9.17, 15) is 18.7 Å². The van der Waals surface area contributed by atoms with Crippen LogP contribution in [0.1, 0.15) is 46.8 Å². The van der Waals surface area contributed by atoms with Crippen LogP contribution in [0.5, 0.6) is 11.8 Å². The van der Waals surface area contributed by atoms with E-state index in [4.69, 9.17) is 19.2 Å². The fourth-order valence-electron chi connectivity index (χ4n) is 5.23. The van der Waals surface area contributed by atoms with Crippen LogP contribution >= 0.6 is 0 Å². The van der Waals surface area contributed by atoms with E-state index in [0.29, 0.717) is 25.0 Å². The van der Waals surface area contributed by atoms with Crippen LogP contribution in [-0.4, -0.2) is 72.4 Å². The molecule has 0 bridgehead atoms. The van der Waals surface area contributed by atoms with E-state index in [0.717, 1.165) is 67.6 Å². The van der Waals surface area contributed by atoms with Gasteiger partial charge in [-0.2, -0.15) is 4.98 Å². The standard InChI is InChI=1S/C29H30F2N6O5/c1-17-10-18(29(38)39)11-23-27(17)35-25(37(23)14-21-5-9-40-21)15-36-7-3-20(4-8-36)42-26-2-6-32-24(34-26)16-41-28-22(31)12-19(30)13-33-28/h2,6,10-13,20-21H,3-5,7-9,14-16H2,1H3,(H,38,39)/t21-/m0/s1. The van der Waals surface area contributed by atoms with Crippen molar-refractivity contribution in [3.8, 4) is 11.8 Å². The van der Waals surface area contributed by atoms with Crippen molar-refractivity contribution in [2.75, 3.05) is 19.7 Å². The highest BCUT2D eigenvalue weighted by atomic mass is 19.1. The molecule has 6 rings (SSSR count). The van der Waals surface area contributed by atoms with Crippen molar-refractivity contribution in [3.05, 3.63) is 71.1 Å². The lowest BCUT2D eigenvalue weighted by Gasteiger charge is -2.32. The van der Waals surface area contributed by atoms with Crippen LogP contribution in [0.3, 0.4) is 0 Å². The van der Waals surface area contributed by atoms with E-state index in [1.807, 2.05) is 6.92 Å². The number of nitrogens with zero attached hydrogens (tertiary/aromatic N) is 6. The number of halogens is 2. The molecule has 0 amide bonds. The number of carboxylic acid groups (broad SMARTS) is 1. The Morgan fingerprint density at radius 2 is 1.95 bits per heavy atom. The summed E-state index contributed by atoms with van der Waals surface area (Å²) in [6, 6.07) is 5.72. The van der Waals surface area contributed by atoms with Gasteiger partial charge in [-0.3, -0.25) is 4.90 Å². The second-order valence-electron chi connectivity index (χ2n) is 10.5. The molecule has 3 aromatic heterocycles. The lowest BCUT2D eigenvalue weighted by atomic mass is 10.1. The molecule has 4 aromatic rings. The predicted octanol–water partition coefficient (Wildman–Crippen LogP) is 3.92.